The van der Waals surface area contributed by atoms with Crippen molar-refractivity contribution in [2.24, 2.45) is 5.73 Å². The van der Waals surface area contributed by atoms with Gasteiger partial charge in [0.05, 0.1) is 18.6 Å². The third-order valence-corrected chi connectivity index (χ3v) is 8.54. The fourth-order valence-corrected chi connectivity index (χ4v) is 5.68. The predicted molar refractivity (Wildman–Crippen MR) is 193 cm³/mol. The largest absolute Gasteiger partial charge is 0.508 e. The van der Waals surface area contributed by atoms with Gasteiger partial charge in [-0.2, -0.15) is 11.8 Å². The molecule has 0 aliphatic rings. The number of carbonyl (C=O) groups excluding carboxylic acids is 4. The highest BCUT2D eigenvalue weighted by atomic mass is 35.5. The van der Waals surface area contributed by atoms with Gasteiger partial charge in [-0.1, -0.05) is 43.2 Å². The topological polar surface area (TPSA) is 206 Å². The number of carbonyl (C=O) groups is 4. The van der Waals surface area contributed by atoms with Gasteiger partial charge in [0.25, 0.3) is 0 Å². The Balaban J connectivity index is 0.0000110. The number of hydrogen-bond donors (Lipinski definition) is 6. The van der Waals surface area contributed by atoms with Crippen LogP contribution in [0.4, 0.5) is 0 Å². The number of unbranched alkanes of at least 4 members (excludes halogenated alkanes) is 3. The van der Waals surface area contributed by atoms with Gasteiger partial charge in [0.1, 0.15) is 11.8 Å². The number of aryl methyl sites for hydroxylation is 2. The number of hydrogen-bond acceptors (Lipinski definition) is 9. The zero-order valence-corrected chi connectivity index (χ0v) is 30.1. The van der Waals surface area contributed by atoms with Crippen LogP contribution in [0.2, 0.25) is 0 Å². The van der Waals surface area contributed by atoms with Crippen molar-refractivity contribution in [3.05, 3.63) is 64.7 Å². The Morgan fingerprint density at radius 2 is 1.56 bits per heavy atom. The van der Waals surface area contributed by atoms with Crippen LogP contribution < -0.4 is 21.7 Å². The van der Waals surface area contributed by atoms with Gasteiger partial charge in [0.15, 0.2) is 0 Å². The Morgan fingerprint density at radius 1 is 0.938 bits per heavy atom. The van der Waals surface area contributed by atoms with E-state index in [1.807, 2.05) is 62.4 Å². The van der Waals surface area contributed by atoms with Gasteiger partial charge in [-0.05, 0) is 106 Å². The van der Waals surface area contributed by atoms with Crippen molar-refractivity contribution in [3.8, 4) is 5.75 Å². The minimum atomic E-state index is -0.930. The van der Waals surface area contributed by atoms with Crippen molar-refractivity contribution >= 4 is 47.8 Å². The van der Waals surface area contributed by atoms with Gasteiger partial charge in [0, 0.05) is 6.61 Å². The van der Waals surface area contributed by atoms with Crippen LogP contribution >= 0.6 is 24.2 Å². The van der Waals surface area contributed by atoms with Gasteiger partial charge in [-0.15, -0.1) is 12.4 Å². The number of likely N-dealkylation sites (N-methyl/N-ethyl adjacent to an activating group) is 1. The average Bonchev–Trinajstić information content (AvgIpc) is 3.02. The molecule has 9 N–H and O–H groups in total. The van der Waals surface area contributed by atoms with Gasteiger partial charge in [-0.25, -0.2) is 0 Å². The van der Waals surface area contributed by atoms with E-state index in [0.29, 0.717) is 25.1 Å². The Kier molecular flexibility index (Phi) is 22.4. The molecular formula is C34H54ClN5O7S. The van der Waals surface area contributed by atoms with Crippen LogP contribution in [0.15, 0.2) is 42.5 Å². The van der Waals surface area contributed by atoms with E-state index in [1.165, 1.54) is 11.8 Å². The molecule has 12 nitrogen and oxygen atoms in total. The van der Waals surface area contributed by atoms with E-state index < -0.39 is 48.3 Å². The first kappa shape index (κ1) is 44.8. The highest BCUT2D eigenvalue weighted by Crippen LogP contribution is 2.22. The molecule has 48 heavy (non-hydrogen) atoms. The van der Waals surface area contributed by atoms with Crippen molar-refractivity contribution in [1.82, 2.24) is 20.9 Å². The third-order valence-electron chi connectivity index (χ3n) is 7.90. The molecule has 0 aliphatic heterocycles. The molecule has 0 heterocycles. The van der Waals surface area contributed by atoms with Crippen molar-refractivity contribution in [2.45, 2.75) is 76.9 Å². The fraction of sp³-hybridized carbons (Fsp3) is 0.529. The van der Waals surface area contributed by atoms with Crippen LogP contribution in [0.5, 0.6) is 5.75 Å². The summed E-state index contributed by atoms with van der Waals surface area (Å²) in [5.74, 6) is -1.44. The lowest BCUT2D eigenvalue weighted by Crippen LogP contribution is -2.54. The molecule has 0 saturated heterocycles. The first-order chi connectivity index (χ1) is 22.0. The Labute approximate surface area is 294 Å². The number of aliphatic hydroxyl groups is 1. The summed E-state index contributed by atoms with van der Waals surface area (Å²) in [6, 6.07) is 10.3. The number of nitrogens with zero attached hydrogens (tertiary/aromatic N) is 1. The number of phenols is 1. The number of amides is 4. The molecule has 2 rings (SSSR count). The molecule has 0 radical (unpaired) electrons. The number of aromatic hydroxyl groups is 1. The van der Waals surface area contributed by atoms with Crippen LogP contribution in [-0.4, -0.2) is 101 Å². The second kappa shape index (κ2) is 24.0. The summed E-state index contributed by atoms with van der Waals surface area (Å²) in [5, 5.41) is 26.5. The number of phenolic OH excluding ortho intramolecular Hbond substituents is 1. The van der Waals surface area contributed by atoms with E-state index in [2.05, 4.69) is 16.0 Å². The molecular weight excluding hydrogens is 658 g/mol. The molecule has 0 aromatic heterocycles. The second-order valence-corrected chi connectivity index (χ2v) is 12.7. The van der Waals surface area contributed by atoms with Crippen molar-refractivity contribution in [2.75, 3.05) is 38.8 Å². The fourth-order valence-electron chi connectivity index (χ4n) is 5.21. The minimum Gasteiger partial charge on any atom is -0.508 e. The van der Waals surface area contributed by atoms with E-state index in [4.69, 9.17) is 10.8 Å². The number of rotatable bonds is 20. The maximum absolute atomic E-state index is 13.3. The first-order valence-electron chi connectivity index (χ1n) is 15.8. The molecule has 14 heteroatoms. The number of benzene rings is 2. The highest BCUT2D eigenvalue weighted by molar-refractivity contribution is 7.98. The van der Waals surface area contributed by atoms with Crippen LogP contribution in [0, 0.1) is 13.8 Å². The average molecular weight is 712 g/mol. The molecule has 0 saturated carbocycles. The molecule has 0 bridgehead atoms. The SMILES string of the molecule is CSCC[C@@H](NC(=O)[C@H](N)Cc1c(C)cc(O)cc1C)C(=O)NCC(=O)NC(=O)[C@H](Cc1ccccc1)N(C)CCCCCCO.Cl.O. The molecule has 0 aliphatic carbocycles. The summed E-state index contributed by atoms with van der Waals surface area (Å²) in [7, 11) is 1.85. The van der Waals surface area contributed by atoms with Crippen molar-refractivity contribution in [3.63, 3.8) is 0 Å². The number of thioether (sulfide) groups is 1. The Bertz CT molecular complexity index is 1260. The predicted octanol–water partition coefficient (Wildman–Crippen LogP) is 1.57. The van der Waals surface area contributed by atoms with Gasteiger partial charge < -0.3 is 32.1 Å². The first-order valence-corrected chi connectivity index (χ1v) is 17.2. The summed E-state index contributed by atoms with van der Waals surface area (Å²) < 4.78 is 0. The maximum Gasteiger partial charge on any atom is 0.245 e. The number of nitrogens with one attached hydrogen (secondary N) is 3. The quantitative estimate of drug-likeness (QED) is 0.110. The lowest BCUT2D eigenvalue weighted by atomic mass is 9.96. The standard InChI is InChI=1S/C34H51N5O6S.ClH.H2O/c1-23-18-26(41)19-24(2)27(23)21-28(35)32(43)37-29(14-17-46-4)33(44)36-22-31(42)38-34(45)30(20-25-12-8-7-9-13-25)39(3)15-10-5-6-11-16-40;;/h7-9,12-13,18-19,28-30,40-41H,5-6,10-11,14-17,20-22,35H2,1-4H3,(H,36,44)(H,37,43)(H,38,42,45);1H;1H2/t28-,29-,30+;;/m1../s1. The number of aliphatic hydroxyl groups excluding tert-OH is 1. The highest BCUT2D eigenvalue weighted by Gasteiger charge is 2.27. The molecule has 0 unspecified atom stereocenters. The summed E-state index contributed by atoms with van der Waals surface area (Å²) in [4.78, 5) is 54.1. The van der Waals surface area contributed by atoms with Gasteiger partial charge in [-0.3, -0.25) is 29.4 Å². The molecule has 2 aromatic carbocycles. The van der Waals surface area contributed by atoms with Crippen LogP contribution in [0.1, 0.15) is 54.4 Å². The van der Waals surface area contributed by atoms with Crippen LogP contribution in [-0.2, 0) is 32.0 Å². The molecule has 270 valence electrons. The Morgan fingerprint density at radius 3 is 2.17 bits per heavy atom. The minimum absolute atomic E-state index is 0. The Hall–Kier alpha value is -3.20. The van der Waals surface area contributed by atoms with Crippen molar-refractivity contribution < 1.29 is 34.9 Å². The third kappa shape index (κ3) is 15.8. The number of halogens is 1. The normalized spacial score (nSPS) is 12.6. The summed E-state index contributed by atoms with van der Waals surface area (Å²) in [6.45, 7) is 4.04. The molecule has 3 atom stereocenters. The summed E-state index contributed by atoms with van der Waals surface area (Å²) in [5.41, 5.74) is 9.65. The van der Waals surface area contributed by atoms with Gasteiger partial charge in [0.2, 0.25) is 23.6 Å². The van der Waals surface area contributed by atoms with E-state index in [1.54, 1.807) is 12.1 Å². The zero-order valence-electron chi connectivity index (χ0n) is 28.4. The van der Waals surface area contributed by atoms with E-state index in [9.17, 15) is 24.3 Å². The summed E-state index contributed by atoms with van der Waals surface area (Å²) >= 11 is 1.51. The van der Waals surface area contributed by atoms with Crippen molar-refractivity contribution in [1.29, 1.82) is 0 Å². The lowest BCUT2D eigenvalue weighted by molar-refractivity contribution is -0.134. The lowest BCUT2D eigenvalue weighted by Gasteiger charge is -2.27. The van der Waals surface area contributed by atoms with Crippen LogP contribution in [0.25, 0.3) is 0 Å². The molecule has 2 aromatic rings. The molecule has 0 spiro atoms. The molecule has 4 amide bonds. The summed E-state index contributed by atoms with van der Waals surface area (Å²) in [6.07, 6.45) is 6.26. The zero-order chi connectivity index (χ0) is 34.1. The van der Waals surface area contributed by atoms with Gasteiger partial charge >= 0.3 is 0 Å². The van der Waals surface area contributed by atoms with Crippen LogP contribution in [0.3, 0.4) is 0 Å². The number of imide groups is 1. The second-order valence-electron chi connectivity index (χ2n) is 11.7. The molecule has 0 fully saturated rings. The monoisotopic (exact) mass is 711 g/mol. The van der Waals surface area contributed by atoms with E-state index in [0.717, 1.165) is 47.9 Å². The van der Waals surface area contributed by atoms with E-state index in [-0.39, 0.29) is 36.7 Å². The smallest absolute Gasteiger partial charge is 0.245 e. The number of nitrogens with two attached hydrogens (primary N) is 1. The maximum atomic E-state index is 13.3. The van der Waals surface area contributed by atoms with E-state index >= 15 is 0 Å².